The van der Waals surface area contributed by atoms with Gasteiger partial charge in [-0.2, -0.15) is 0 Å². The predicted octanol–water partition coefficient (Wildman–Crippen LogP) is 0.0738. The minimum atomic E-state index is -0.689. The van der Waals surface area contributed by atoms with E-state index in [1.54, 1.807) is 0 Å². The molecule has 84 valence electrons. The molecule has 2 saturated heterocycles. The lowest BCUT2D eigenvalue weighted by Gasteiger charge is -2.22. The van der Waals surface area contributed by atoms with Crippen LogP contribution in [0.3, 0.4) is 0 Å². The van der Waals surface area contributed by atoms with Crippen LogP contribution in [0.25, 0.3) is 0 Å². The Bertz CT molecular complexity index is 254. The first-order chi connectivity index (χ1) is 7.24. The molecule has 2 aliphatic rings. The molecule has 2 rings (SSSR count). The molecule has 7 nitrogen and oxygen atoms in total. The molecule has 0 amide bonds. The average molecular weight is 218 g/mol. The van der Waals surface area contributed by atoms with E-state index in [0.717, 1.165) is 0 Å². The van der Waals surface area contributed by atoms with Crippen molar-refractivity contribution in [3.63, 3.8) is 0 Å². The van der Waals surface area contributed by atoms with Crippen LogP contribution < -0.4 is 0 Å². The van der Waals surface area contributed by atoms with Crippen molar-refractivity contribution >= 4 is 12.3 Å². The van der Waals surface area contributed by atoms with Crippen LogP contribution in [0.2, 0.25) is 0 Å². The number of hydrogen-bond donors (Lipinski definition) is 0. The summed E-state index contributed by atoms with van der Waals surface area (Å²) in [7, 11) is 0. The van der Waals surface area contributed by atoms with Crippen LogP contribution in [0, 0.1) is 0 Å². The molecule has 0 aromatic rings. The summed E-state index contributed by atoms with van der Waals surface area (Å²) in [4.78, 5) is 21.1. The van der Waals surface area contributed by atoms with Crippen molar-refractivity contribution in [2.75, 3.05) is 26.4 Å². The molecule has 2 heterocycles. The molecule has 0 aromatic carbocycles. The van der Waals surface area contributed by atoms with E-state index in [1.165, 1.54) is 0 Å². The number of hydrogen-bond acceptors (Lipinski definition) is 7. The van der Waals surface area contributed by atoms with E-state index in [9.17, 15) is 9.59 Å². The number of rotatable bonds is 3. The summed E-state index contributed by atoms with van der Waals surface area (Å²) in [5.41, 5.74) is 0. The second-order valence-electron chi connectivity index (χ2n) is 3.13. The Morgan fingerprint density at radius 1 is 1.07 bits per heavy atom. The van der Waals surface area contributed by atoms with Gasteiger partial charge in [0, 0.05) is 0 Å². The Morgan fingerprint density at radius 3 is 2.33 bits per heavy atom. The van der Waals surface area contributed by atoms with Gasteiger partial charge in [0.2, 0.25) is 0 Å². The van der Waals surface area contributed by atoms with E-state index in [-0.39, 0.29) is 32.5 Å². The fourth-order valence-corrected chi connectivity index (χ4v) is 1.20. The van der Waals surface area contributed by atoms with Gasteiger partial charge in [-0.3, -0.25) is 0 Å². The third-order valence-electron chi connectivity index (χ3n) is 1.94. The Morgan fingerprint density at radius 2 is 1.73 bits per heavy atom. The van der Waals surface area contributed by atoms with Crippen LogP contribution in [0.4, 0.5) is 9.59 Å². The van der Waals surface area contributed by atoms with Gasteiger partial charge in [-0.1, -0.05) is 0 Å². The largest absolute Gasteiger partial charge is 0.508 e. The smallest absolute Gasteiger partial charge is 0.431 e. The monoisotopic (exact) mass is 218 g/mol. The molecule has 0 spiro atoms. The average Bonchev–Trinajstić information content (AvgIpc) is 2.64. The maximum absolute atomic E-state index is 10.6. The lowest BCUT2D eigenvalue weighted by molar-refractivity contribution is -0.0959. The SMILES string of the molecule is O=C1OCC(OCC2COC(=O)O2)CO1. The lowest BCUT2D eigenvalue weighted by Crippen LogP contribution is -2.36. The number of ether oxygens (including phenoxy) is 5. The molecular weight excluding hydrogens is 208 g/mol. The molecule has 0 radical (unpaired) electrons. The molecular formula is C8H10O7. The van der Waals surface area contributed by atoms with Crippen LogP contribution in [0.1, 0.15) is 0 Å². The van der Waals surface area contributed by atoms with Crippen molar-refractivity contribution in [2.45, 2.75) is 12.2 Å². The summed E-state index contributed by atoms with van der Waals surface area (Å²) >= 11 is 0. The highest BCUT2D eigenvalue weighted by Crippen LogP contribution is 2.09. The minimum Gasteiger partial charge on any atom is -0.431 e. The van der Waals surface area contributed by atoms with Crippen LogP contribution in [0.5, 0.6) is 0 Å². The number of carbonyl (C=O) groups excluding carboxylic acids is 2. The maximum Gasteiger partial charge on any atom is 0.508 e. The first-order valence-electron chi connectivity index (χ1n) is 4.48. The summed E-state index contributed by atoms with van der Waals surface area (Å²) in [5, 5.41) is 0. The minimum absolute atomic E-state index is 0.153. The number of cyclic esters (lactones) is 4. The van der Waals surface area contributed by atoms with E-state index < -0.39 is 18.4 Å². The third-order valence-corrected chi connectivity index (χ3v) is 1.94. The topological polar surface area (TPSA) is 80.3 Å². The molecule has 7 heteroatoms. The first-order valence-corrected chi connectivity index (χ1v) is 4.48. The van der Waals surface area contributed by atoms with Gasteiger partial charge < -0.3 is 23.7 Å². The molecule has 0 aliphatic carbocycles. The summed E-state index contributed by atoms with van der Waals surface area (Å²) < 4.78 is 23.8. The molecule has 1 atom stereocenters. The van der Waals surface area contributed by atoms with Crippen molar-refractivity contribution in [1.29, 1.82) is 0 Å². The van der Waals surface area contributed by atoms with Gasteiger partial charge in [0.05, 0.1) is 6.61 Å². The first kappa shape index (κ1) is 10.0. The summed E-state index contributed by atoms with van der Waals surface area (Å²) in [6.07, 6.45) is -2.09. The van der Waals surface area contributed by atoms with Crippen LogP contribution in [0.15, 0.2) is 0 Å². The van der Waals surface area contributed by atoms with Gasteiger partial charge in [0.15, 0.2) is 6.10 Å². The van der Waals surface area contributed by atoms with E-state index in [1.807, 2.05) is 0 Å². The molecule has 0 N–H and O–H groups in total. The molecule has 2 fully saturated rings. The second kappa shape index (κ2) is 4.35. The Kier molecular flexibility index (Phi) is 2.91. The molecule has 0 bridgehead atoms. The zero-order valence-corrected chi connectivity index (χ0v) is 7.84. The van der Waals surface area contributed by atoms with Gasteiger partial charge in [-0.05, 0) is 0 Å². The molecule has 2 aliphatic heterocycles. The van der Waals surface area contributed by atoms with E-state index >= 15 is 0 Å². The van der Waals surface area contributed by atoms with Crippen molar-refractivity contribution in [3.05, 3.63) is 0 Å². The lowest BCUT2D eigenvalue weighted by atomic mass is 10.3. The number of carbonyl (C=O) groups is 2. The summed E-state index contributed by atoms with van der Waals surface area (Å²) in [6.45, 7) is 0.699. The van der Waals surface area contributed by atoms with Gasteiger partial charge in [0.25, 0.3) is 0 Å². The van der Waals surface area contributed by atoms with Gasteiger partial charge in [-0.25, -0.2) is 9.59 Å². The standard InChI is InChI=1S/C8H10O7/c9-7-12-1-5(2-13-7)11-3-6-4-14-8(10)15-6/h5-6H,1-4H2. The van der Waals surface area contributed by atoms with Crippen molar-refractivity contribution in [1.82, 2.24) is 0 Å². The van der Waals surface area contributed by atoms with Gasteiger partial charge in [-0.15, -0.1) is 0 Å². The van der Waals surface area contributed by atoms with Crippen molar-refractivity contribution in [2.24, 2.45) is 0 Å². The fraction of sp³-hybridized carbons (Fsp3) is 0.750. The zero-order valence-electron chi connectivity index (χ0n) is 7.84. The van der Waals surface area contributed by atoms with E-state index in [0.29, 0.717) is 0 Å². The fourth-order valence-electron chi connectivity index (χ4n) is 1.20. The van der Waals surface area contributed by atoms with Crippen molar-refractivity contribution in [3.8, 4) is 0 Å². The second-order valence-corrected chi connectivity index (χ2v) is 3.13. The highest BCUT2D eigenvalue weighted by molar-refractivity contribution is 5.61. The Balaban J connectivity index is 1.65. The summed E-state index contributed by atoms with van der Waals surface area (Å²) in [5.74, 6) is 0. The van der Waals surface area contributed by atoms with Gasteiger partial charge >= 0.3 is 12.3 Å². The molecule has 15 heavy (non-hydrogen) atoms. The van der Waals surface area contributed by atoms with E-state index in [2.05, 4.69) is 14.2 Å². The van der Waals surface area contributed by atoms with E-state index in [4.69, 9.17) is 9.47 Å². The molecule has 0 saturated carbocycles. The highest BCUT2D eigenvalue weighted by Gasteiger charge is 2.28. The zero-order chi connectivity index (χ0) is 10.7. The summed E-state index contributed by atoms with van der Waals surface area (Å²) in [6, 6.07) is 0. The van der Waals surface area contributed by atoms with Crippen LogP contribution in [-0.2, 0) is 23.7 Å². The third kappa shape index (κ3) is 2.72. The Hall–Kier alpha value is -1.50. The maximum atomic E-state index is 10.6. The van der Waals surface area contributed by atoms with Crippen LogP contribution >= 0.6 is 0 Å². The predicted molar refractivity (Wildman–Crippen MR) is 43.3 cm³/mol. The normalized spacial score (nSPS) is 26.5. The Labute approximate surface area is 85.2 Å². The van der Waals surface area contributed by atoms with Crippen molar-refractivity contribution < 1.29 is 33.3 Å². The molecule has 0 aromatic heterocycles. The van der Waals surface area contributed by atoms with Gasteiger partial charge in [0.1, 0.15) is 25.9 Å². The quantitative estimate of drug-likeness (QED) is 0.620. The molecule has 1 unspecified atom stereocenters. The highest BCUT2D eigenvalue weighted by atomic mass is 16.8. The van der Waals surface area contributed by atoms with Crippen LogP contribution in [-0.4, -0.2) is 50.9 Å².